The van der Waals surface area contributed by atoms with E-state index in [0.717, 1.165) is 19.2 Å². The van der Waals surface area contributed by atoms with Gasteiger partial charge in [0.05, 0.1) is 23.0 Å². The summed E-state index contributed by atoms with van der Waals surface area (Å²) in [5.74, 6) is 0.816. The van der Waals surface area contributed by atoms with E-state index in [1.54, 1.807) is 12.1 Å². The van der Waals surface area contributed by atoms with E-state index in [9.17, 15) is 16.8 Å². The third-order valence-corrected chi connectivity index (χ3v) is 6.89. The Morgan fingerprint density at radius 1 is 1.12 bits per heavy atom. The number of benzene rings is 1. The van der Waals surface area contributed by atoms with E-state index in [1.807, 2.05) is 0 Å². The first-order chi connectivity index (χ1) is 11.2. The lowest BCUT2D eigenvalue weighted by atomic mass is 10.1. The molecule has 0 aromatic heterocycles. The summed E-state index contributed by atoms with van der Waals surface area (Å²) in [5.41, 5.74) is 0. The topological polar surface area (TPSA) is 89.5 Å². The molecule has 0 saturated carbocycles. The van der Waals surface area contributed by atoms with Crippen molar-refractivity contribution >= 4 is 19.7 Å². The van der Waals surface area contributed by atoms with E-state index in [4.69, 9.17) is 4.74 Å². The number of nitrogens with one attached hydrogen (secondary N) is 1. The van der Waals surface area contributed by atoms with Gasteiger partial charge in [0.1, 0.15) is 15.6 Å². The third-order valence-electron chi connectivity index (χ3n) is 4.04. The van der Waals surface area contributed by atoms with Crippen molar-refractivity contribution in [3.8, 4) is 5.75 Å². The van der Waals surface area contributed by atoms with Gasteiger partial charge >= 0.3 is 0 Å². The van der Waals surface area contributed by atoms with E-state index >= 15 is 0 Å². The van der Waals surface area contributed by atoms with Crippen molar-refractivity contribution in [2.45, 2.75) is 30.7 Å². The van der Waals surface area contributed by atoms with Crippen LogP contribution in [0.5, 0.6) is 5.75 Å². The Labute approximate surface area is 144 Å². The second-order valence-corrected chi connectivity index (χ2v) is 10.9. The highest BCUT2D eigenvalue weighted by atomic mass is 32.2. The van der Waals surface area contributed by atoms with Gasteiger partial charge < -0.3 is 10.1 Å². The highest BCUT2D eigenvalue weighted by Crippen LogP contribution is 2.20. The van der Waals surface area contributed by atoms with Gasteiger partial charge in [0, 0.05) is 24.8 Å². The monoisotopic (exact) mass is 375 g/mol. The number of hydrogen-bond donors (Lipinski definition) is 1. The van der Waals surface area contributed by atoms with Crippen molar-refractivity contribution in [3.05, 3.63) is 24.3 Å². The second-order valence-electron chi connectivity index (χ2n) is 6.50. The Bertz CT molecular complexity index is 741. The quantitative estimate of drug-likeness (QED) is 0.736. The molecule has 2 unspecified atom stereocenters. The highest BCUT2D eigenvalue weighted by Gasteiger charge is 2.21. The van der Waals surface area contributed by atoms with Crippen LogP contribution in [0, 0.1) is 5.92 Å². The predicted octanol–water partition coefficient (Wildman–Crippen LogP) is 1.27. The van der Waals surface area contributed by atoms with E-state index in [2.05, 4.69) is 12.2 Å². The van der Waals surface area contributed by atoms with Gasteiger partial charge in [-0.25, -0.2) is 16.8 Å². The molecule has 136 valence electrons. The van der Waals surface area contributed by atoms with E-state index in [1.165, 1.54) is 12.1 Å². The summed E-state index contributed by atoms with van der Waals surface area (Å²) >= 11 is 0. The van der Waals surface area contributed by atoms with Gasteiger partial charge in [0.25, 0.3) is 0 Å². The van der Waals surface area contributed by atoms with Crippen molar-refractivity contribution < 1.29 is 21.6 Å². The lowest BCUT2D eigenvalue weighted by molar-refractivity contribution is 0.258. The number of ether oxygens (including phenoxy) is 1. The van der Waals surface area contributed by atoms with Gasteiger partial charge in [-0.2, -0.15) is 0 Å². The Balaban J connectivity index is 1.88. The molecule has 2 atom stereocenters. The molecule has 8 heteroatoms. The van der Waals surface area contributed by atoms with E-state index in [-0.39, 0.29) is 22.8 Å². The molecule has 1 aliphatic rings. The van der Waals surface area contributed by atoms with Crippen LogP contribution in [-0.2, 0) is 19.7 Å². The third kappa shape index (κ3) is 6.07. The van der Waals surface area contributed by atoms with Crippen LogP contribution in [0.3, 0.4) is 0 Å². The molecule has 0 radical (unpaired) electrons. The van der Waals surface area contributed by atoms with Gasteiger partial charge in [-0.15, -0.1) is 0 Å². The zero-order chi connectivity index (χ0) is 17.8. The fourth-order valence-electron chi connectivity index (χ4n) is 2.75. The molecule has 0 spiro atoms. The summed E-state index contributed by atoms with van der Waals surface area (Å²) in [6, 6.07) is 6.84. The Kier molecular flexibility index (Phi) is 6.28. The molecule has 0 aliphatic carbocycles. The van der Waals surface area contributed by atoms with Crippen LogP contribution in [0.25, 0.3) is 0 Å². The summed E-state index contributed by atoms with van der Waals surface area (Å²) in [4.78, 5) is 0.194. The first-order valence-electron chi connectivity index (χ1n) is 8.02. The maximum Gasteiger partial charge on any atom is 0.178 e. The molecule has 1 aliphatic heterocycles. The van der Waals surface area contributed by atoms with Crippen molar-refractivity contribution in [2.75, 3.05) is 30.9 Å². The fraction of sp³-hybridized carbons (Fsp3) is 0.625. The summed E-state index contributed by atoms with van der Waals surface area (Å²) in [7, 11) is -6.61. The zero-order valence-corrected chi connectivity index (χ0v) is 15.7. The molecule has 6 nitrogen and oxygen atoms in total. The Morgan fingerprint density at radius 2 is 1.79 bits per heavy atom. The first kappa shape index (κ1) is 19.2. The molecule has 24 heavy (non-hydrogen) atoms. The van der Waals surface area contributed by atoms with Crippen molar-refractivity contribution in [1.82, 2.24) is 5.32 Å². The highest BCUT2D eigenvalue weighted by molar-refractivity contribution is 7.92. The van der Waals surface area contributed by atoms with Crippen LogP contribution in [-0.4, -0.2) is 53.8 Å². The van der Waals surface area contributed by atoms with Gasteiger partial charge in [0.2, 0.25) is 0 Å². The molecule has 1 saturated heterocycles. The maximum absolute atomic E-state index is 12.2. The van der Waals surface area contributed by atoms with Crippen LogP contribution >= 0.6 is 0 Å². The molecule has 1 heterocycles. The molecule has 1 fully saturated rings. The summed E-state index contributed by atoms with van der Waals surface area (Å²) < 4.78 is 52.3. The summed E-state index contributed by atoms with van der Waals surface area (Å²) in [6.07, 6.45) is 2.28. The summed E-state index contributed by atoms with van der Waals surface area (Å²) in [6.45, 7) is 3.69. The van der Waals surface area contributed by atoms with Gasteiger partial charge in [-0.05, 0) is 44.0 Å². The smallest absolute Gasteiger partial charge is 0.178 e. The Hall–Kier alpha value is -1.12. The van der Waals surface area contributed by atoms with Gasteiger partial charge in [0.15, 0.2) is 9.84 Å². The molecular formula is C16H25NO5S2. The SMILES string of the molecule is CC1CC(COc2ccc(S(=O)(=O)CCCS(C)(=O)=O)cc2)CN1. The molecule has 0 amide bonds. The molecular weight excluding hydrogens is 350 g/mol. The fourth-order valence-corrected chi connectivity index (χ4v) is 4.91. The number of sulfone groups is 2. The zero-order valence-electron chi connectivity index (χ0n) is 14.1. The lowest BCUT2D eigenvalue weighted by Crippen LogP contribution is -2.18. The molecule has 2 rings (SSSR count). The standard InChI is InChI=1S/C16H25NO5S2/c1-13-10-14(11-17-13)12-22-15-4-6-16(7-5-15)24(20,21)9-3-8-23(2,18)19/h4-7,13-14,17H,3,8-12H2,1-2H3. The van der Waals surface area contributed by atoms with Gasteiger partial charge in [-0.3, -0.25) is 0 Å². The molecule has 1 aromatic carbocycles. The lowest BCUT2D eigenvalue weighted by Gasteiger charge is -2.11. The number of rotatable bonds is 8. The van der Waals surface area contributed by atoms with Crippen LogP contribution in [0.2, 0.25) is 0 Å². The summed E-state index contributed by atoms with van der Waals surface area (Å²) in [5, 5.41) is 3.36. The van der Waals surface area contributed by atoms with E-state index in [0.29, 0.717) is 24.3 Å². The van der Waals surface area contributed by atoms with Crippen LogP contribution < -0.4 is 10.1 Å². The van der Waals surface area contributed by atoms with Crippen LogP contribution in [0.1, 0.15) is 19.8 Å². The average Bonchev–Trinajstić information content (AvgIpc) is 2.89. The Morgan fingerprint density at radius 3 is 2.33 bits per heavy atom. The molecule has 1 aromatic rings. The maximum atomic E-state index is 12.2. The normalized spacial score (nSPS) is 21.8. The first-order valence-corrected chi connectivity index (χ1v) is 11.7. The number of hydrogen-bond acceptors (Lipinski definition) is 6. The molecule has 0 bridgehead atoms. The average molecular weight is 376 g/mol. The van der Waals surface area contributed by atoms with Crippen molar-refractivity contribution in [1.29, 1.82) is 0 Å². The van der Waals surface area contributed by atoms with E-state index < -0.39 is 19.7 Å². The van der Waals surface area contributed by atoms with Crippen LogP contribution in [0.4, 0.5) is 0 Å². The second kappa shape index (κ2) is 7.84. The van der Waals surface area contributed by atoms with Crippen LogP contribution in [0.15, 0.2) is 29.2 Å². The van der Waals surface area contributed by atoms with Gasteiger partial charge in [-0.1, -0.05) is 0 Å². The van der Waals surface area contributed by atoms with Crippen molar-refractivity contribution in [3.63, 3.8) is 0 Å². The largest absolute Gasteiger partial charge is 0.493 e. The predicted molar refractivity (Wildman–Crippen MR) is 93.9 cm³/mol. The minimum Gasteiger partial charge on any atom is -0.493 e. The minimum absolute atomic E-state index is 0.103. The van der Waals surface area contributed by atoms with Crippen molar-refractivity contribution in [2.24, 2.45) is 5.92 Å². The minimum atomic E-state index is -3.47. The molecule has 1 N–H and O–H groups in total.